The van der Waals surface area contributed by atoms with Crippen LogP contribution in [0.4, 0.5) is 5.82 Å². The van der Waals surface area contributed by atoms with E-state index in [1.807, 2.05) is 0 Å². The minimum atomic E-state index is 0.546. The van der Waals surface area contributed by atoms with Crippen LogP contribution < -0.4 is 10.5 Å². The Morgan fingerprint density at radius 3 is 2.26 bits per heavy atom. The number of methoxy groups -OCH3 is 1. The normalized spacial score (nSPS) is 13.7. The third-order valence-electron chi connectivity index (χ3n) is 4.66. The zero-order chi connectivity index (χ0) is 16.4. The second-order valence-corrected chi connectivity index (χ2v) is 6.09. The fourth-order valence-electron chi connectivity index (χ4n) is 3.36. The molecular formula is C19H25N3O. The molecule has 1 aromatic heterocycles. The summed E-state index contributed by atoms with van der Waals surface area (Å²) in [5.41, 5.74) is 12.6. The average Bonchev–Trinajstić information content (AvgIpc) is 2.60. The molecule has 0 saturated carbocycles. The van der Waals surface area contributed by atoms with Gasteiger partial charge in [-0.25, -0.2) is 9.97 Å². The Morgan fingerprint density at radius 1 is 1.00 bits per heavy atom. The number of rotatable bonds is 4. The molecule has 1 aromatic carbocycles. The number of aryl methyl sites for hydroxylation is 4. The van der Waals surface area contributed by atoms with E-state index in [1.165, 1.54) is 24.0 Å². The monoisotopic (exact) mass is 311 g/mol. The zero-order valence-electron chi connectivity index (χ0n) is 14.3. The van der Waals surface area contributed by atoms with Gasteiger partial charge in [0.1, 0.15) is 11.6 Å². The van der Waals surface area contributed by atoms with Crippen molar-refractivity contribution in [1.82, 2.24) is 9.97 Å². The average molecular weight is 311 g/mol. The highest BCUT2D eigenvalue weighted by Gasteiger charge is 2.19. The van der Waals surface area contributed by atoms with E-state index >= 15 is 0 Å². The summed E-state index contributed by atoms with van der Waals surface area (Å²) in [5, 5.41) is 0. The zero-order valence-corrected chi connectivity index (χ0v) is 14.3. The van der Waals surface area contributed by atoms with Crippen molar-refractivity contribution in [1.29, 1.82) is 0 Å². The van der Waals surface area contributed by atoms with Gasteiger partial charge < -0.3 is 10.5 Å². The molecule has 0 fully saturated rings. The maximum absolute atomic E-state index is 6.03. The van der Waals surface area contributed by atoms with Crippen LogP contribution in [-0.4, -0.2) is 17.1 Å². The van der Waals surface area contributed by atoms with Gasteiger partial charge in [0, 0.05) is 5.56 Å². The summed E-state index contributed by atoms with van der Waals surface area (Å²) in [4.78, 5) is 9.41. The van der Waals surface area contributed by atoms with Crippen LogP contribution in [0.5, 0.6) is 5.75 Å². The first-order valence-corrected chi connectivity index (χ1v) is 8.53. The van der Waals surface area contributed by atoms with Crippen molar-refractivity contribution in [2.75, 3.05) is 12.8 Å². The van der Waals surface area contributed by atoms with Crippen LogP contribution >= 0.6 is 0 Å². The van der Waals surface area contributed by atoms with E-state index in [-0.39, 0.29) is 0 Å². The summed E-state index contributed by atoms with van der Waals surface area (Å²) in [6, 6.07) is 4.44. The number of nitrogens with zero attached hydrogens (tertiary/aromatic N) is 2. The van der Waals surface area contributed by atoms with Crippen LogP contribution in [0.15, 0.2) is 12.1 Å². The predicted octanol–water partition coefficient (Wildman–Crippen LogP) is 3.74. The Labute approximate surface area is 138 Å². The molecule has 4 heteroatoms. The summed E-state index contributed by atoms with van der Waals surface area (Å²) >= 11 is 0. The summed E-state index contributed by atoms with van der Waals surface area (Å²) in [7, 11) is 1.73. The number of benzene rings is 1. The Kier molecular flexibility index (Phi) is 4.51. The van der Waals surface area contributed by atoms with Crippen molar-refractivity contribution in [3.05, 3.63) is 34.6 Å². The summed E-state index contributed by atoms with van der Waals surface area (Å²) in [6.07, 6.45) is 6.38. The van der Waals surface area contributed by atoms with Gasteiger partial charge in [0.05, 0.1) is 24.2 Å². The number of aromatic nitrogens is 2. The molecule has 122 valence electrons. The minimum Gasteiger partial charge on any atom is -0.496 e. The molecule has 0 aliphatic heterocycles. The highest BCUT2D eigenvalue weighted by molar-refractivity contribution is 5.72. The molecule has 0 atom stereocenters. The molecule has 0 saturated heterocycles. The summed E-state index contributed by atoms with van der Waals surface area (Å²) < 4.78 is 5.67. The third kappa shape index (κ3) is 2.90. The van der Waals surface area contributed by atoms with Crippen molar-refractivity contribution in [2.45, 2.75) is 52.4 Å². The number of nitrogens with two attached hydrogens (primary N) is 1. The van der Waals surface area contributed by atoms with Gasteiger partial charge in [-0.1, -0.05) is 13.8 Å². The first-order chi connectivity index (χ1) is 11.2. The standard InChI is InChI=1S/C19H25N3O/c1-4-15-18(21-16(5-2)19(20)22-15)14-10-12-8-6-7-9-13(12)11-17(14)23-3/h10-11H,4-9H2,1-3H3,(H2,20,22). The molecule has 0 unspecified atom stereocenters. The van der Waals surface area contributed by atoms with Crippen LogP contribution in [0.3, 0.4) is 0 Å². The van der Waals surface area contributed by atoms with E-state index in [2.05, 4.69) is 31.0 Å². The molecule has 23 heavy (non-hydrogen) atoms. The van der Waals surface area contributed by atoms with Gasteiger partial charge in [0.2, 0.25) is 0 Å². The molecular weight excluding hydrogens is 286 g/mol. The topological polar surface area (TPSA) is 61.0 Å². The highest BCUT2D eigenvalue weighted by atomic mass is 16.5. The van der Waals surface area contributed by atoms with Gasteiger partial charge in [0.25, 0.3) is 0 Å². The second kappa shape index (κ2) is 6.57. The lowest BCUT2D eigenvalue weighted by Crippen LogP contribution is -2.08. The Balaban J connectivity index is 2.21. The SMILES string of the molecule is CCc1nc(-c2cc3c(cc2OC)CCCC3)c(CC)nc1N. The van der Waals surface area contributed by atoms with Gasteiger partial charge in [-0.15, -0.1) is 0 Å². The molecule has 1 heterocycles. The molecule has 3 rings (SSSR count). The quantitative estimate of drug-likeness (QED) is 0.934. The highest BCUT2D eigenvalue weighted by Crippen LogP contribution is 2.36. The Hall–Kier alpha value is -2.10. The molecule has 2 aromatic rings. The number of hydrogen-bond acceptors (Lipinski definition) is 4. The van der Waals surface area contributed by atoms with Gasteiger partial charge >= 0.3 is 0 Å². The van der Waals surface area contributed by atoms with E-state index in [0.717, 1.165) is 54.1 Å². The first-order valence-electron chi connectivity index (χ1n) is 8.53. The van der Waals surface area contributed by atoms with E-state index in [1.54, 1.807) is 7.11 Å². The van der Waals surface area contributed by atoms with Crippen LogP contribution in [-0.2, 0) is 25.7 Å². The maximum Gasteiger partial charge on any atom is 0.145 e. The van der Waals surface area contributed by atoms with Crippen molar-refractivity contribution >= 4 is 5.82 Å². The van der Waals surface area contributed by atoms with Crippen molar-refractivity contribution in [3.63, 3.8) is 0 Å². The van der Waals surface area contributed by atoms with Crippen molar-refractivity contribution < 1.29 is 4.74 Å². The predicted molar refractivity (Wildman–Crippen MR) is 93.8 cm³/mol. The number of fused-ring (bicyclic) bond motifs is 1. The fourth-order valence-corrected chi connectivity index (χ4v) is 3.36. The molecule has 2 N–H and O–H groups in total. The third-order valence-corrected chi connectivity index (χ3v) is 4.66. The summed E-state index contributed by atoms with van der Waals surface area (Å²) in [5.74, 6) is 1.44. The molecule has 1 aliphatic rings. The van der Waals surface area contributed by atoms with Gasteiger partial charge in [-0.05, 0) is 61.8 Å². The molecule has 0 radical (unpaired) electrons. The molecule has 0 amide bonds. The lowest BCUT2D eigenvalue weighted by atomic mass is 9.89. The Bertz CT molecular complexity index is 725. The van der Waals surface area contributed by atoms with Crippen LogP contribution in [0.1, 0.15) is 49.2 Å². The second-order valence-electron chi connectivity index (χ2n) is 6.09. The number of hydrogen-bond donors (Lipinski definition) is 1. The molecule has 1 aliphatic carbocycles. The fraction of sp³-hybridized carbons (Fsp3) is 0.474. The van der Waals surface area contributed by atoms with Crippen molar-refractivity contribution in [2.24, 2.45) is 0 Å². The van der Waals surface area contributed by atoms with E-state index < -0.39 is 0 Å². The van der Waals surface area contributed by atoms with Gasteiger partial charge in [-0.3, -0.25) is 0 Å². The smallest absolute Gasteiger partial charge is 0.145 e. The first kappa shape index (κ1) is 15.8. The number of nitrogen functional groups attached to an aromatic ring is 1. The Morgan fingerprint density at radius 2 is 1.65 bits per heavy atom. The van der Waals surface area contributed by atoms with E-state index in [0.29, 0.717) is 5.82 Å². The van der Waals surface area contributed by atoms with Crippen LogP contribution in [0.2, 0.25) is 0 Å². The lowest BCUT2D eigenvalue weighted by molar-refractivity contribution is 0.415. The summed E-state index contributed by atoms with van der Waals surface area (Å²) in [6.45, 7) is 4.14. The molecule has 0 bridgehead atoms. The minimum absolute atomic E-state index is 0.546. The van der Waals surface area contributed by atoms with Crippen LogP contribution in [0, 0.1) is 0 Å². The number of anilines is 1. The lowest BCUT2D eigenvalue weighted by Gasteiger charge is -2.20. The van der Waals surface area contributed by atoms with E-state index in [4.69, 9.17) is 15.5 Å². The maximum atomic E-state index is 6.03. The van der Waals surface area contributed by atoms with E-state index in [9.17, 15) is 0 Å². The van der Waals surface area contributed by atoms with Gasteiger partial charge in [-0.2, -0.15) is 0 Å². The molecule has 4 nitrogen and oxygen atoms in total. The van der Waals surface area contributed by atoms with Gasteiger partial charge in [0.15, 0.2) is 0 Å². The van der Waals surface area contributed by atoms with Crippen molar-refractivity contribution in [3.8, 4) is 17.0 Å². The molecule has 0 spiro atoms. The number of ether oxygens (including phenoxy) is 1. The van der Waals surface area contributed by atoms with Crippen LogP contribution in [0.25, 0.3) is 11.3 Å². The largest absolute Gasteiger partial charge is 0.496 e.